The van der Waals surface area contributed by atoms with E-state index in [4.69, 9.17) is 11.6 Å². The normalized spacial score (nSPS) is 12.3. The van der Waals surface area contributed by atoms with Crippen molar-refractivity contribution >= 4 is 29.2 Å². The molecule has 2 nitrogen and oxygen atoms in total. The predicted octanol–water partition coefficient (Wildman–Crippen LogP) is 6.30. The van der Waals surface area contributed by atoms with E-state index in [0.29, 0.717) is 17.1 Å². The van der Waals surface area contributed by atoms with E-state index in [1.165, 1.54) is 24.3 Å². The summed E-state index contributed by atoms with van der Waals surface area (Å²) in [5.41, 5.74) is 1.98. The first-order valence-corrected chi connectivity index (χ1v) is 8.42. The van der Waals surface area contributed by atoms with Gasteiger partial charge in [-0.3, -0.25) is 0 Å². The molecule has 1 N–H and O–H groups in total. The summed E-state index contributed by atoms with van der Waals surface area (Å²) in [5.74, 6) is -1.17. The Morgan fingerprint density at radius 1 is 1.36 bits per heavy atom. The van der Waals surface area contributed by atoms with Gasteiger partial charge >= 0.3 is 5.97 Å². The number of hydrogen-bond donors (Lipinski definition) is 1. The van der Waals surface area contributed by atoms with Crippen molar-refractivity contribution in [1.82, 2.24) is 0 Å². The highest BCUT2D eigenvalue weighted by molar-refractivity contribution is 6.32. The lowest BCUT2D eigenvalue weighted by Crippen LogP contribution is -2.01. The third-order valence-electron chi connectivity index (χ3n) is 4.14. The van der Waals surface area contributed by atoms with Crippen molar-refractivity contribution in [3.63, 3.8) is 0 Å². The average Bonchev–Trinajstić information content (AvgIpc) is 2.59. The van der Waals surface area contributed by atoms with Crippen LogP contribution < -0.4 is 0 Å². The van der Waals surface area contributed by atoms with Crippen LogP contribution in [0.25, 0.3) is 11.6 Å². The largest absolute Gasteiger partial charge is 0.478 e. The molecule has 1 unspecified atom stereocenters. The average molecular weight is 359 g/mol. The third kappa shape index (κ3) is 4.37. The molecule has 0 fully saturated rings. The first-order chi connectivity index (χ1) is 11.8. The van der Waals surface area contributed by atoms with Crippen LogP contribution >= 0.6 is 11.6 Å². The lowest BCUT2D eigenvalue weighted by Gasteiger charge is -2.14. The van der Waals surface area contributed by atoms with Gasteiger partial charge in [-0.25, -0.2) is 9.18 Å². The third-order valence-corrected chi connectivity index (χ3v) is 4.45. The summed E-state index contributed by atoms with van der Waals surface area (Å²) in [7, 11) is 0. The van der Waals surface area contributed by atoms with Gasteiger partial charge in [-0.15, -0.1) is 0 Å². The fourth-order valence-electron chi connectivity index (χ4n) is 2.42. The first-order valence-electron chi connectivity index (χ1n) is 8.04. The van der Waals surface area contributed by atoms with Gasteiger partial charge in [0.05, 0.1) is 10.6 Å². The van der Waals surface area contributed by atoms with E-state index >= 15 is 0 Å². The molecule has 130 valence electrons. The maximum Gasteiger partial charge on any atom is 0.335 e. The molecule has 0 aliphatic rings. The van der Waals surface area contributed by atoms with Crippen molar-refractivity contribution in [1.29, 1.82) is 0 Å². The second-order valence-electron chi connectivity index (χ2n) is 5.93. The van der Waals surface area contributed by atoms with Crippen LogP contribution in [0.3, 0.4) is 0 Å². The smallest absolute Gasteiger partial charge is 0.335 e. The molecule has 0 radical (unpaired) electrons. The maximum absolute atomic E-state index is 14.3. The molecule has 0 saturated carbocycles. The van der Waals surface area contributed by atoms with Gasteiger partial charge in [0.1, 0.15) is 5.82 Å². The van der Waals surface area contributed by atoms with Gasteiger partial charge in [0.2, 0.25) is 0 Å². The topological polar surface area (TPSA) is 37.3 Å². The van der Waals surface area contributed by atoms with Crippen molar-refractivity contribution in [3.8, 4) is 0 Å². The predicted molar refractivity (Wildman–Crippen MR) is 101 cm³/mol. The second-order valence-corrected chi connectivity index (χ2v) is 6.33. The molecular weight excluding hydrogens is 339 g/mol. The zero-order chi connectivity index (χ0) is 18.6. The molecular formula is C21H20ClFO2. The molecule has 0 saturated heterocycles. The molecule has 0 spiro atoms. The number of carboxylic acid groups (broad SMARTS) is 1. The zero-order valence-electron chi connectivity index (χ0n) is 14.2. The monoisotopic (exact) mass is 358 g/mol. The molecule has 0 aromatic heterocycles. The van der Waals surface area contributed by atoms with Gasteiger partial charge in [-0.05, 0) is 46.9 Å². The Hall–Kier alpha value is -2.39. The van der Waals surface area contributed by atoms with Crippen LogP contribution in [-0.2, 0) is 0 Å². The van der Waals surface area contributed by atoms with E-state index in [-0.39, 0.29) is 16.1 Å². The van der Waals surface area contributed by atoms with Crippen LogP contribution in [0.4, 0.5) is 4.39 Å². The van der Waals surface area contributed by atoms with E-state index < -0.39 is 11.8 Å². The summed E-state index contributed by atoms with van der Waals surface area (Å²) in [4.78, 5) is 11.3. The van der Waals surface area contributed by atoms with Gasteiger partial charge in [0, 0.05) is 5.56 Å². The molecule has 2 aromatic rings. The Kier molecular flexibility index (Phi) is 6.16. The Morgan fingerprint density at radius 2 is 2.08 bits per heavy atom. The highest BCUT2D eigenvalue weighted by Crippen LogP contribution is 2.33. The fourth-order valence-corrected chi connectivity index (χ4v) is 2.70. The quantitative estimate of drug-likeness (QED) is 0.658. The summed E-state index contributed by atoms with van der Waals surface area (Å²) in [6, 6.07) is 9.15. The van der Waals surface area contributed by atoms with Gasteiger partial charge in [0.15, 0.2) is 0 Å². The number of rotatable bonds is 6. The van der Waals surface area contributed by atoms with Crippen molar-refractivity contribution in [2.24, 2.45) is 5.92 Å². The molecule has 0 bridgehead atoms. The number of benzene rings is 2. The highest BCUT2D eigenvalue weighted by Gasteiger charge is 2.16. The van der Waals surface area contributed by atoms with E-state index in [2.05, 4.69) is 20.4 Å². The van der Waals surface area contributed by atoms with Gasteiger partial charge in [0.25, 0.3) is 0 Å². The zero-order valence-corrected chi connectivity index (χ0v) is 15.0. The van der Waals surface area contributed by atoms with Crippen molar-refractivity contribution < 1.29 is 14.3 Å². The minimum atomic E-state index is -1.05. The van der Waals surface area contributed by atoms with Crippen LogP contribution in [-0.4, -0.2) is 11.1 Å². The van der Waals surface area contributed by atoms with Crippen LogP contribution in [0.5, 0.6) is 0 Å². The Morgan fingerprint density at radius 3 is 2.68 bits per heavy atom. The number of allylic oxidation sites excluding steroid dienone is 1. The second kappa shape index (κ2) is 8.13. The molecule has 25 heavy (non-hydrogen) atoms. The van der Waals surface area contributed by atoms with Crippen molar-refractivity contribution in [2.75, 3.05) is 0 Å². The lowest BCUT2D eigenvalue weighted by molar-refractivity contribution is 0.0697. The van der Waals surface area contributed by atoms with E-state index in [1.54, 1.807) is 12.1 Å². The van der Waals surface area contributed by atoms with Crippen LogP contribution in [0.15, 0.2) is 49.1 Å². The standard InChI is InChI=1S/C21H20ClFO2/c1-4-13(2)8-9-15-10-11-16(21(24)25)12-17(15)14(3)20-18(22)6-5-7-19(20)23/h5-13H,3-4H2,1-2H3,(H,24,25)/b9-8-. The summed E-state index contributed by atoms with van der Waals surface area (Å²) >= 11 is 6.14. The molecule has 2 aromatic carbocycles. The Balaban J connectivity index is 2.60. The summed E-state index contributed by atoms with van der Waals surface area (Å²) in [6.45, 7) is 8.15. The summed E-state index contributed by atoms with van der Waals surface area (Å²) < 4.78 is 14.3. The molecule has 0 aliphatic heterocycles. The maximum atomic E-state index is 14.3. The van der Waals surface area contributed by atoms with Crippen molar-refractivity contribution in [2.45, 2.75) is 20.3 Å². The summed E-state index contributed by atoms with van der Waals surface area (Å²) in [5, 5.41) is 9.51. The van der Waals surface area contributed by atoms with Gasteiger partial charge in [-0.2, -0.15) is 0 Å². The number of halogens is 2. The van der Waals surface area contributed by atoms with E-state index in [0.717, 1.165) is 12.0 Å². The molecule has 2 rings (SSSR count). The molecule has 1 atom stereocenters. The SMILES string of the molecule is C=C(c1cc(C(=O)O)ccc1/C=C\C(C)CC)c1c(F)cccc1Cl. The number of aromatic carboxylic acids is 1. The Labute approximate surface area is 152 Å². The van der Waals surface area contributed by atoms with Gasteiger partial charge in [-0.1, -0.05) is 62.7 Å². The minimum Gasteiger partial charge on any atom is -0.478 e. The lowest BCUT2D eigenvalue weighted by atomic mass is 9.92. The first kappa shape index (κ1) is 18.9. The molecule has 4 heteroatoms. The fraction of sp³-hybridized carbons (Fsp3) is 0.190. The van der Waals surface area contributed by atoms with Crippen LogP contribution in [0.2, 0.25) is 5.02 Å². The van der Waals surface area contributed by atoms with E-state index in [1.807, 2.05) is 12.2 Å². The molecule has 0 aliphatic carbocycles. The summed E-state index contributed by atoms with van der Waals surface area (Å²) in [6.07, 6.45) is 4.93. The Bertz CT molecular complexity index is 820. The van der Waals surface area contributed by atoms with Crippen LogP contribution in [0, 0.1) is 11.7 Å². The minimum absolute atomic E-state index is 0.115. The highest BCUT2D eigenvalue weighted by atomic mass is 35.5. The van der Waals surface area contributed by atoms with Crippen LogP contribution in [0.1, 0.15) is 47.3 Å². The van der Waals surface area contributed by atoms with Gasteiger partial charge < -0.3 is 5.11 Å². The van der Waals surface area contributed by atoms with E-state index in [9.17, 15) is 14.3 Å². The number of carbonyl (C=O) groups is 1. The molecule has 0 heterocycles. The molecule has 0 amide bonds. The number of carboxylic acids is 1. The van der Waals surface area contributed by atoms with Crippen molar-refractivity contribution in [3.05, 3.63) is 82.1 Å². The number of hydrogen-bond acceptors (Lipinski definition) is 1.